The van der Waals surface area contributed by atoms with Crippen molar-refractivity contribution >= 4 is 17.9 Å². The van der Waals surface area contributed by atoms with Gasteiger partial charge < -0.3 is 14.2 Å². The Balaban J connectivity index is 4.23. The standard InChI is InChI=1S/C64H122O6/c1-4-7-10-13-16-19-22-25-27-29-30-31-32-33-34-35-37-39-42-45-48-51-54-57-63(66)69-60-61(59-68-62(65)56-53-50-47-44-41-38-24-21-18-15-12-9-6-3)70-64(67)58-55-52-49-46-43-40-36-28-26-23-20-17-14-11-8-5-2/h28,36,61H,4-27,29-35,37-60H2,1-3H3/b36-28-. The second-order valence-electron chi connectivity index (χ2n) is 21.7. The van der Waals surface area contributed by atoms with Crippen molar-refractivity contribution in [2.75, 3.05) is 13.2 Å². The molecule has 0 fully saturated rings. The van der Waals surface area contributed by atoms with Crippen LogP contribution in [0.15, 0.2) is 12.2 Å². The van der Waals surface area contributed by atoms with Gasteiger partial charge in [-0.3, -0.25) is 14.4 Å². The molecule has 0 spiro atoms. The van der Waals surface area contributed by atoms with Gasteiger partial charge in [-0.1, -0.05) is 309 Å². The van der Waals surface area contributed by atoms with E-state index >= 15 is 0 Å². The predicted octanol–water partition coefficient (Wildman–Crippen LogP) is 21.3. The highest BCUT2D eigenvalue weighted by atomic mass is 16.6. The Morgan fingerprint density at radius 3 is 0.714 bits per heavy atom. The number of carbonyl (C=O) groups is 3. The smallest absolute Gasteiger partial charge is 0.306 e. The Labute approximate surface area is 437 Å². The Kier molecular flexibility index (Phi) is 58.1. The highest BCUT2D eigenvalue weighted by Crippen LogP contribution is 2.18. The molecule has 0 aromatic rings. The summed E-state index contributed by atoms with van der Waals surface area (Å²) in [7, 11) is 0. The third-order valence-corrected chi connectivity index (χ3v) is 14.5. The van der Waals surface area contributed by atoms with E-state index in [-0.39, 0.29) is 31.1 Å². The Morgan fingerprint density at radius 1 is 0.271 bits per heavy atom. The van der Waals surface area contributed by atoms with Crippen LogP contribution in [0.3, 0.4) is 0 Å². The third-order valence-electron chi connectivity index (χ3n) is 14.5. The summed E-state index contributed by atoms with van der Waals surface area (Å²) in [5.41, 5.74) is 0. The van der Waals surface area contributed by atoms with E-state index in [0.29, 0.717) is 19.3 Å². The van der Waals surface area contributed by atoms with Crippen molar-refractivity contribution < 1.29 is 28.6 Å². The van der Waals surface area contributed by atoms with Gasteiger partial charge in [0.05, 0.1) is 0 Å². The summed E-state index contributed by atoms with van der Waals surface area (Å²) in [5.74, 6) is -0.847. The van der Waals surface area contributed by atoms with E-state index in [0.717, 1.165) is 64.2 Å². The molecule has 0 aliphatic carbocycles. The first-order valence-electron chi connectivity index (χ1n) is 31.7. The zero-order valence-corrected chi connectivity index (χ0v) is 47.6. The number of hydrogen-bond acceptors (Lipinski definition) is 6. The number of hydrogen-bond donors (Lipinski definition) is 0. The molecular weight excluding hydrogens is 865 g/mol. The molecule has 0 amide bonds. The molecule has 1 unspecified atom stereocenters. The summed E-state index contributed by atoms with van der Waals surface area (Å²) < 4.78 is 16.9. The molecular formula is C64H122O6. The summed E-state index contributed by atoms with van der Waals surface area (Å²) in [6, 6.07) is 0. The minimum absolute atomic E-state index is 0.0670. The van der Waals surface area contributed by atoms with Crippen molar-refractivity contribution in [1.29, 1.82) is 0 Å². The summed E-state index contributed by atoms with van der Waals surface area (Å²) in [4.78, 5) is 38.2. The molecule has 0 radical (unpaired) electrons. The molecule has 0 rings (SSSR count). The zero-order valence-electron chi connectivity index (χ0n) is 47.6. The van der Waals surface area contributed by atoms with Crippen molar-refractivity contribution in [3.05, 3.63) is 12.2 Å². The van der Waals surface area contributed by atoms with Gasteiger partial charge >= 0.3 is 17.9 Å². The van der Waals surface area contributed by atoms with Crippen LogP contribution >= 0.6 is 0 Å². The number of esters is 3. The lowest BCUT2D eigenvalue weighted by Crippen LogP contribution is -2.30. The van der Waals surface area contributed by atoms with E-state index in [4.69, 9.17) is 14.2 Å². The first kappa shape index (κ1) is 68.2. The largest absolute Gasteiger partial charge is 0.462 e. The van der Waals surface area contributed by atoms with Gasteiger partial charge in [-0.25, -0.2) is 0 Å². The summed E-state index contributed by atoms with van der Waals surface area (Å²) in [6.45, 7) is 6.70. The fourth-order valence-corrected chi connectivity index (χ4v) is 9.74. The molecule has 0 heterocycles. The van der Waals surface area contributed by atoms with Crippen LogP contribution in [0.25, 0.3) is 0 Å². The van der Waals surface area contributed by atoms with Gasteiger partial charge in [0.1, 0.15) is 13.2 Å². The van der Waals surface area contributed by atoms with Crippen LogP contribution in [0.2, 0.25) is 0 Å². The number of unbranched alkanes of at least 4 members (excludes halogenated alkanes) is 46. The maximum Gasteiger partial charge on any atom is 0.306 e. The molecule has 0 aromatic heterocycles. The maximum atomic E-state index is 12.9. The number of rotatable bonds is 59. The van der Waals surface area contributed by atoms with Crippen LogP contribution in [0, 0.1) is 0 Å². The van der Waals surface area contributed by atoms with Crippen molar-refractivity contribution in [1.82, 2.24) is 0 Å². The van der Waals surface area contributed by atoms with Gasteiger partial charge in [-0.15, -0.1) is 0 Å². The minimum atomic E-state index is -0.769. The van der Waals surface area contributed by atoms with Crippen LogP contribution in [0.5, 0.6) is 0 Å². The van der Waals surface area contributed by atoms with Crippen molar-refractivity contribution in [2.45, 2.75) is 367 Å². The number of ether oxygens (including phenoxy) is 3. The van der Waals surface area contributed by atoms with Gasteiger partial charge in [-0.05, 0) is 44.9 Å². The van der Waals surface area contributed by atoms with Crippen LogP contribution < -0.4 is 0 Å². The highest BCUT2D eigenvalue weighted by Gasteiger charge is 2.19. The van der Waals surface area contributed by atoms with Gasteiger partial charge in [0.15, 0.2) is 6.10 Å². The molecule has 6 heteroatoms. The average Bonchev–Trinajstić information content (AvgIpc) is 3.36. The summed E-state index contributed by atoms with van der Waals surface area (Å²) in [6.07, 6.45) is 69.3. The van der Waals surface area contributed by atoms with E-state index in [1.54, 1.807) is 0 Å². The molecule has 0 aliphatic heterocycles. The van der Waals surface area contributed by atoms with E-state index in [2.05, 4.69) is 32.9 Å². The van der Waals surface area contributed by atoms with Gasteiger partial charge in [0, 0.05) is 19.3 Å². The Bertz CT molecular complexity index is 1090. The first-order chi connectivity index (χ1) is 34.5. The zero-order chi connectivity index (χ0) is 50.7. The summed E-state index contributed by atoms with van der Waals surface area (Å²) in [5, 5.41) is 0. The fourth-order valence-electron chi connectivity index (χ4n) is 9.74. The molecule has 1 atom stereocenters. The molecule has 0 bridgehead atoms. The Morgan fingerprint density at radius 2 is 0.471 bits per heavy atom. The second-order valence-corrected chi connectivity index (χ2v) is 21.7. The van der Waals surface area contributed by atoms with E-state index in [1.165, 1.54) is 257 Å². The van der Waals surface area contributed by atoms with Crippen molar-refractivity contribution in [3.8, 4) is 0 Å². The monoisotopic (exact) mass is 987 g/mol. The van der Waals surface area contributed by atoms with Crippen LogP contribution in [-0.4, -0.2) is 37.2 Å². The van der Waals surface area contributed by atoms with E-state index in [9.17, 15) is 14.4 Å². The van der Waals surface area contributed by atoms with Crippen LogP contribution in [0.4, 0.5) is 0 Å². The molecule has 6 nitrogen and oxygen atoms in total. The highest BCUT2D eigenvalue weighted by molar-refractivity contribution is 5.71. The van der Waals surface area contributed by atoms with Crippen molar-refractivity contribution in [3.63, 3.8) is 0 Å². The van der Waals surface area contributed by atoms with E-state index < -0.39 is 6.10 Å². The summed E-state index contributed by atoms with van der Waals surface area (Å²) >= 11 is 0. The quantitative estimate of drug-likeness (QED) is 0.0261. The molecule has 70 heavy (non-hydrogen) atoms. The molecule has 414 valence electrons. The van der Waals surface area contributed by atoms with Gasteiger partial charge in [0.25, 0.3) is 0 Å². The first-order valence-corrected chi connectivity index (χ1v) is 31.7. The SMILES string of the molecule is CCCCCCCCC/C=C\CCCCCCCC(=O)OC(COC(=O)CCCCCCCCCCCCCCC)COC(=O)CCCCCCCCCCCCCCCCCCCCCCCCC. The third kappa shape index (κ3) is 57.1. The fraction of sp³-hybridized carbons (Fsp3) is 0.922. The van der Waals surface area contributed by atoms with Crippen LogP contribution in [-0.2, 0) is 28.6 Å². The minimum Gasteiger partial charge on any atom is -0.462 e. The molecule has 0 saturated heterocycles. The van der Waals surface area contributed by atoms with E-state index in [1.807, 2.05) is 0 Å². The maximum absolute atomic E-state index is 12.9. The molecule has 0 saturated carbocycles. The lowest BCUT2D eigenvalue weighted by atomic mass is 10.0. The number of allylic oxidation sites excluding steroid dienone is 2. The predicted molar refractivity (Wildman–Crippen MR) is 303 cm³/mol. The van der Waals surface area contributed by atoms with Crippen LogP contribution in [0.1, 0.15) is 361 Å². The molecule has 0 aliphatic rings. The Hall–Kier alpha value is -1.85. The normalized spacial score (nSPS) is 12.0. The lowest BCUT2D eigenvalue weighted by Gasteiger charge is -2.18. The van der Waals surface area contributed by atoms with Crippen molar-refractivity contribution in [2.24, 2.45) is 0 Å². The number of carbonyl (C=O) groups excluding carboxylic acids is 3. The second kappa shape index (κ2) is 59.7. The van der Waals surface area contributed by atoms with Gasteiger partial charge in [0.2, 0.25) is 0 Å². The topological polar surface area (TPSA) is 78.9 Å². The average molecular weight is 988 g/mol. The molecule has 0 N–H and O–H groups in total. The van der Waals surface area contributed by atoms with Gasteiger partial charge in [-0.2, -0.15) is 0 Å². The lowest BCUT2D eigenvalue weighted by molar-refractivity contribution is -0.167. The molecule has 0 aromatic carbocycles.